The van der Waals surface area contributed by atoms with Crippen LogP contribution >= 0.6 is 0 Å². The molecule has 8 heteroatoms. The number of carbonyl (C=O) groups excluding carboxylic acids is 1. The van der Waals surface area contributed by atoms with Gasteiger partial charge in [-0.05, 0) is 23.8 Å². The fourth-order valence-corrected chi connectivity index (χ4v) is 2.82. The first-order chi connectivity index (χ1) is 13.1. The molecular formula is C19H17FN6O. The van der Waals surface area contributed by atoms with E-state index in [2.05, 4.69) is 20.5 Å². The van der Waals surface area contributed by atoms with Gasteiger partial charge >= 0.3 is 0 Å². The fourth-order valence-electron chi connectivity index (χ4n) is 2.82. The van der Waals surface area contributed by atoms with Crippen LogP contribution in [-0.4, -0.2) is 30.5 Å². The van der Waals surface area contributed by atoms with Gasteiger partial charge in [0, 0.05) is 19.0 Å². The van der Waals surface area contributed by atoms with E-state index in [0.29, 0.717) is 12.2 Å². The van der Waals surface area contributed by atoms with Crippen LogP contribution < -0.4 is 5.32 Å². The Morgan fingerprint density at radius 3 is 2.70 bits per heavy atom. The predicted octanol–water partition coefficient (Wildman–Crippen LogP) is 2.15. The minimum absolute atomic E-state index is 0.147. The number of nitrogens with zero attached hydrogens (tertiary/aromatic N) is 5. The summed E-state index contributed by atoms with van der Waals surface area (Å²) >= 11 is 0. The second-order valence-corrected chi connectivity index (χ2v) is 6.24. The standard InChI is InChI=1S/C19H17FN6O/c1-25-12-17(10-23-25)26-18-11-21-16(6-14(18)9-24-26)7-19(27)22-8-13-2-4-15(20)5-3-13/h2-6,9-12H,7-8H2,1H3,(H,22,27). The molecule has 3 aromatic heterocycles. The van der Waals surface area contributed by atoms with Crippen molar-refractivity contribution in [2.45, 2.75) is 13.0 Å². The largest absolute Gasteiger partial charge is 0.352 e. The lowest BCUT2D eigenvalue weighted by atomic mass is 10.2. The zero-order chi connectivity index (χ0) is 18.8. The number of amides is 1. The van der Waals surface area contributed by atoms with Crippen LogP contribution in [0.5, 0.6) is 0 Å². The molecule has 0 aliphatic heterocycles. The first-order valence-corrected chi connectivity index (χ1v) is 8.41. The number of pyridine rings is 1. The minimum Gasteiger partial charge on any atom is -0.352 e. The monoisotopic (exact) mass is 364 g/mol. The van der Waals surface area contributed by atoms with Crippen LogP contribution in [0.3, 0.4) is 0 Å². The summed E-state index contributed by atoms with van der Waals surface area (Å²) in [4.78, 5) is 16.5. The van der Waals surface area contributed by atoms with Crippen LogP contribution in [0.15, 0.2) is 55.1 Å². The summed E-state index contributed by atoms with van der Waals surface area (Å²) in [6.07, 6.45) is 7.20. The number of nitrogens with one attached hydrogen (secondary N) is 1. The third-order valence-electron chi connectivity index (χ3n) is 4.19. The van der Waals surface area contributed by atoms with Crippen molar-refractivity contribution in [2.24, 2.45) is 7.05 Å². The Kier molecular flexibility index (Phi) is 4.37. The number of aryl methyl sites for hydroxylation is 1. The van der Waals surface area contributed by atoms with Gasteiger partial charge in [-0.1, -0.05) is 12.1 Å². The van der Waals surface area contributed by atoms with Gasteiger partial charge in [0.1, 0.15) is 11.5 Å². The molecule has 0 bridgehead atoms. The van der Waals surface area contributed by atoms with Gasteiger partial charge in [-0.2, -0.15) is 10.2 Å². The summed E-state index contributed by atoms with van der Waals surface area (Å²) in [5, 5.41) is 12.2. The highest BCUT2D eigenvalue weighted by Crippen LogP contribution is 2.18. The van der Waals surface area contributed by atoms with Crippen molar-refractivity contribution in [3.8, 4) is 5.69 Å². The van der Waals surface area contributed by atoms with Crippen molar-refractivity contribution in [1.82, 2.24) is 29.9 Å². The van der Waals surface area contributed by atoms with Crippen LogP contribution in [0.25, 0.3) is 16.6 Å². The number of aromatic nitrogens is 5. The average Bonchev–Trinajstić information content (AvgIpc) is 3.27. The molecule has 4 rings (SSSR count). The van der Waals surface area contributed by atoms with Gasteiger partial charge in [-0.25, -0.2) is 9.07 Å². The average molecular weight is 364 g/mol. The van der Waals surface area contributed by atoms with Gasteiger partial charge in [0.15, 0.2) is 0 Å². The summed E-state index contributed by atoms with van der Waals surface area (Å²) in [6, 6.07) is 7.89. The molecule has 0 saturated heterocycles. The van der Waals surface area contributed by atoms with Gasteiger partial charge in [-0.15, -0.1) is 0 Å². The molecule has 1 amide bonds. The maximum atomic E-state index is 12.9. The van der Waals surface area contributed by atoms with E-state index in [1.165, 1.54) is 12.1 Å². The Labute approximate surface area is 154 Å². The molecule has 0 spiro atoms. The molecular weight excluding hydrogens is 347 g/mol. The van der Waals surface area contributed by atoms with Crippen molar-refractivity contribution in [3.05, 3.63) is 72.2 Å². The Balaban J connectivity index is 1.44. The number of rotatable bonds is 5. The molecule has 4 aromatic rings. The van der Waals surface area contributed by atoms with E-state index in [-0.39, 0.29) is 18.1 Å². The third kappa shape index (κ3) is 3.69. The molecule has 0 radical (unpaired) electrons. The molecule has 7 nitrogen and oxygen atoms in total. The first-order valence-electron chi connectivity index (χ1n) is 8.41. The number of benzene rings is 1. The summed E-state index contributed by atoms with van der Waals surface area (Å²) in [6.45, 7) is 0.348. The lowest BCUT2D eigenvalue weighted by Crippen LogP contribution is -2.24. The summed E-state index contributed by atoms with van der Waals surface area (Å²) in [7, 11) is 1.84. The quantitative estimate of drug-likeness (QED) is 0.589. The van der Waals surface area contributed by atoms with Gasteiger partial charge in [-0.3, -0.25) is 14.5 Å². The summed E-state index contributed by atoms with van der Waals surface area (Å²) < 4.78 is 16.4. The van der Waals surface area contributed by atoms with Crippen molar-refractivity contribution >= 4 is 16.8 Å². The van der Waals surface area contributed by atoms with Crippen molar-refractivity contribution in [1.29, 1.82) is 0 Å². The molecule has 0 aliphatic rings. The SMILES string of the molecule is Cn1cc(-n2ncc3cc(CC(=O)NCc4ccc(F)cc4)ncc32)cn1. The Morgan fingerprint density at radius 2 is 1.96 bits per heavy atom. The maximum absolute atomic E-state index is 12.9. The highest BCUT2D eigenvalue weighted by molar-refractivity contribution is 5.82. The smallest absolute Gasteiger partial charge is 0.226 e. The van der Waals surface area contributed by atoms with Crippen LogP contribution in [0.2, 0.25) is 0 Å². The number of hydrogen-bond acceptors (Lipinski definition) is 4. The number of hydrogen-bond donors (Lipinski definition) is 1. The molecule has 0 saturated carbocycles. The van der Waals surface area contributed by atoms with E-state index < -0.39 is 0 Å². The zero-order valence-electron chi connectivity index (χ0n) is 14.6. The van der Waals surface area contributed by atoms with E-state index in [0.717, 1.165) is 22.2 Å². The lowest BCUT2D eigenvalue weighted by Gasteiger charge is -2.06. The minimum atomic E-state index is -0.297. The molecule has 3 heterocycles. The highest BCUT2D eigenvalue weighted by Gasteiger charge is 2.10. The van der Waals surface area contributed by atoms with Gasteiger partial charge in [0.05, 0.1) is 42.4 Å². The second kappa shape index (κ2) is 6.99. The Bertz CT molecular complexity index is 1100. The van der Waals surface area contributed by atoms with Crippen LogP contribution in [-0.2, 0) is 24.8 Å². The number of fused-ring (bicyclic) bond motifs is 1. The fraction of sp³-hybridized carbons (Fsp3) is 0.158. The van der Waals surface area contributed by atoms with E-state index in [4.69, 9.17) is 0 Å². The van der Waals surface area contributed by atoms with Gasteiger partial charge in [0.25, 0.3) is 0 Å². The Hall–Kier alpha value is -3.55. The van der Waals surface area contributed by atoms with Crippen LogP contribution in [0.4, 0.5) is 4.39 Å². The molecule has 0 atom stereocenters. The van der Waals surface area contributed by atoms with E-state index in [1.54, 1.807) is 40.1 Å². The third-order valence-corrected chi connectivity index (χ3v) is 4.19. The van der Waals surface area contributed by atoms with Crippen molar-refractivity contribution in [2.75, 3.05) is 0 Å². The number of halogens is 1. The maximum Gasteiger partial charge on any atom is 0.226 e. The van der Waals surface area contributed by atoms with E-state index in [9.17, 15) is 9.18 Å². The molecule has 1 aromatic carbocycles. The summed E-state index contributed by atoms with van der Waals surface area (Å²) in [5.41, 5.74) is 3.19. The van der Waals surface area contributed by atoms with Gasteiger partial charge in [0.2, 0.25) is 5.91 Å². The van der Waals surface area contributed by atoms with Crippen molar-refractivity contribution < 1.29 is 9.18 Å². The molecule has 27 heavy (non-hydrogen) atoms. The zero-order valence-corrected chi connectivity index (χ0v) is 14.6. The molecule has 0 unspecified atom stereocenters. The van der Waals surface area contributed by atoms with Gasteiger partial charge < -0.3 is 5.32 Å². The molecule has 0 fully saturated rings. The molecule has 1 N–H and O–H groups in total. The van der Waals surface area contributed by atoms with Crippen LogP contribution in [0.1, 0.15) is 11.3 Å². The number of carbonyl (C=O) groups is 1. The predicted molar refractivity (Wildman–Crippen MR) is 97.6 cm³/mol. The molecule has 136 valence electrons. The Morgan fingerprint density at radius 1 is 1.15 bits per heavy atom. The summed E-state index contributed by atoms with van der Waals surface area (Å²) in [5.74, 6) is -0.444. The lowest BCUT2D eigenvalue weighted by molar-refractivity contribution is -0.120. The van der Waals surface area contributed by atoms with E-state index >= 15 is 0 Å². The van der Waals surface area contributed by atoms with E-state index in [1.807, 2.05) is 19.3 Å². The topological polar surface area (TPSA) is 77.6 Å². The first kappa shape index (κ1) is 16.9. The normalized spacial score (nSPS) is 11.0. The highest BCUT2D eigenvalue weighted by atomic mass is 19.1. The van der Waals surface area contributed by atoms with Crippen LogP contribution in [0, 0.1) is 5.82 Å². The second-order valence-electron chi connectivity index (χ2n) is 6.24. The van der Waals surface area contributed by atoms with Crippen molar-refractivity contribution in [3.63, 3.8) is 0 Å². The molecule has 0 aliphatic carbocycles.